The summed E-state index contributed by atoms with van der Waals surface area (Å²) in [7, 11) is 1.74. The third kappa shape index (κ3) is 5.64. The number of nitrogens with zero attached hydrogens (tertiary/aromatic N) is 3. The Morgan fingerprint density at radius 2 is 1.66 bits per heavy atom. The summed E-state index contributed by atoms with van der Waals surface area (Å²) in [5, 5.41) is 1.44. The zero-order valence-corrected chi connectivity index (χ0v) is 22.0. The van der Waals surface area contributed by atoms with Crippen molar-refractivity contribution in [3.8, 4) is 5.69 Å². The number of amides is 1. The topological polar surface area (TPSA) is 55.2 Å². The van der Waals surface area contributed by atoms with Gasteiger partial charge in [0.2, 0.25) is 0 Å². The van der Waals surface area contributed by atoms with Crippen LogP contribution in [0.4, 0.5) is 4.39 Å². The van der Waals surface area contributed by atoms with Crippen molar-refractivity contribution in [2.45, 2.75) is 17.5 Å². The second kappa shape index (κ2) is 11.2. The molecule has 190 valence electrons. The summed E-state index contributed by atoms with van der Waals surface area (Å²) in [5.74, 6) is -0.0290. The fourth-order valence-corrected chi connectivity index (χ4v) is 5.19. The predicted molar refractivity (Wildman–Crippen MR) is 151 cm³/mol. The van der Waals surface area contributed by atoms with Crippen molar-refractivity contribution in [1.82, 2.24) is 14.5 Å². The molecule has 0 aliphatic rings. The fraction of sp³-hybridized carbons (Fsp3) is 0.100. The van der Waals surface area contributed by atoms with Crippen molar-refractivity contribution in [2.24, 2.45) is 0 Å². The van der Waals surface area contributed by atoms with E-state index in [0.29, 0.717) is 44.6 Å². The number of hydrogen-bond acceptors (Lipinski definition) is 4. The molecular formula is C30H23ClFN3O2S. The predicted octanol–water partition coefficient (Wildman–Crippen LogP) is 6.74. The van der Waals surface area contributed by atoms with E-state index in [9.17, 15) is 14.0 Å². The van der Waals surface area contributed by atoms with Crippen LogP contribution in [0.1, 0.15) is 21.5 Å². The molecule has 38 heavy (non-hydrogen) atoms. The Hall–Kier alpha value is -3.94. The van der Waals surface area contributed by atoms with Gasteiger partial charge in [-0.2, -0.15) is 0 Å². The van der Waals surface area contributed by atoms with E-state index in [1.165, 1.54) is 28.5 Å². The maximum absolute atomic E-state index is 13.6. The van der Waals surface area contributed by atoms with Gasteiger partial charge in [-0.15, -0.1) is 0 Å². The minimum Gasteiger partial charge on any atom is -0.337 e. The summed E-state index contributed by atoms with van der Waals surface area (Å²) < 4.78 is 15.1. The molecule has 0 bridgehead atoms. The van der Waals surface area contributed by atoms with Crippen LogP contribution >= 0.6 is 23.4 Å². The van der Waals surface area contributed by atoms with E-state index in [1.54, 1.807) is 42.3 Å². The van der Waals surface area contributed by atoms with Crippen molar-refractivity contribution in [3.63, 3.8) is 0 Å². The van der Waals surface area contributed by atoms with Gasteiger partial charge in [0.1, 0.15) is 5.82 Å². The molecule has 0 N–H and O–H groups in total. The SMILES string of the molecule is CN(Cc1ccccc1)C(=O)c1ccc2c(=O)n(-c3ccc(F)cc3)c(SCc3ccc(Cl)cc3)nc2c1. The minimum absolute atomic E-state index is 0.171. The van der Waals surface area contributed by atoms with Crippen molar-refractivity contribution in [2.75, 3.05) is 7.05 Å². The second-order valence-corrected chi connectivity index (χ2v) is 10.2. The highest BCUT2D eigenvalue weighted by Gasteiger charge is 2.18. The lowest BCUT2D eigenvalue weighted by Gasteiger charge is -2.18. The summed E-state index contributed by atoms with van der Waals surface area (Å²) in [6.45, 7) is 0.458. The summed E-state index contributed by atoms with van der Waals surface area (Å²) in [4.78, 5) is 33.3. The Kier molecular flexibility index (Phi) is 7.58. The van der Waals surface area contributed by atoms with Crippen LogP contribution in [0.5, 0.6) is 0 Å². The number of carbonyl (C=O) groups excluding carboxylic acids is 1. The Morgan fingerprint density at radius 3 is 2.37 bits per heavy atom. The lowest BCUT2D eigenvalue weighted by Crippen LogP contribution is -2.26. The molecule has 1 amide bonds. The number of hydrogen-bond donors (Lipinski definition) is 0. The van der Waals surface area contributed by atoms with Gasteiger partial charge in [0.15, 0.2) is 5.16 Å². The smallest absolute Gasteiger partial charge is 0.266 e. The lowest BCUT2D eigenvalue weighted by molar-refractivity contribution is 0.0785. The molecule has 0 atom stereocenters. The van der Waals surface area contributed by atoms with E-state index < -0.39 is 5.82 Å². The van der Waals surface area contributed by atoms with Crippen LogP contribution < -0.4 is 5.56 Å². The first kappa shape index (κ1) is 25.7. The largest absolute Gasteiger partial charge is 0.337 e. The van der Waals surface area contributed by atoms with Crippen LogP contribution in [0.25, 0.3) is 16.6 Å². The third-order valence-electron chi connectivity index (χ3n) is 6.06. The molecule has 0 radical (unpaired) electrons. The molecule has 0 aliphatic carbocycles. The standard InChI is InChI=1S/C30H23ClFN3O2S/c1-34(18-20-5-3-2-4-6-20)28(36)22-9-16-26-27(17-22)33-30(38-19-21-7-10-23(31)11-8-21)35(29(26)37)25-14-12-24(32)13-15-25/h2-17H,18-19H2,1H3. The van der Waals surface area contributed by atoms with Gasteiger partial charge < -0.3 is 4.90 Å². The van der Waals surface area contributed by atoms with E-state index in [2.05, 4.69) is 0 Å². The first-order chi connectivity index (χ1) is 18.4. The lowest BCUT2D eigenvalue weighted by atomic mass is 10.1. The Balaban J connectivity index is 1.53. The molecule has 0 aliphatic heterocycles. The molecule has 1 aromatic heterocycles. The van der Waals surface area contributed by atoms with E-state index in [0.717, 1.165) is 11.1 Å². The number of benzene rings is 4. The van der Waals surface area contributed by atoms with Crippen LogP contribution in [-0.2, 0) is 12.3 Å². The highest BCUT2D eigenvalue weighted by atomic mass is 35.5. The average molecular weight is 544 g/mol. The van der Waals surface area contributed by atoms with E-state index >= 15 is 0 Å². The Morgan fingerprint density at radius 1 is 0.947 bits per heavy atom. The third-order valence-corrected chi connectivity index (χ3v) is 7.32. The fourth-order valence-electron chi connectivity index (χ4n) is 4.09. The Labute approximate surface area is 228 Å². The zero-order valence-electron chi connectivity index (χ0n) is 20.5. The van der Waals surface area contributed by atoms with Gasteiger partial charge in [0, 0.05) is 29.9 Å². The number of carbonyl (C=O) groups is 1. The summed E-state index contributed by atoms with van der Waals surface area (Å²) in [5.41, 5.74) is 3.10. The van der Waals surface area contributed by atoms with Crippen molar-refractivity contribution >= 4 is 40.2 Å². The highest BCUT2D eigenvalue weighted by Crippen LogP contribution is 2.26. The van der Waals surface area contributed by atoms with Crippen molar-refractivity contribution in [3.05, 3.63) is 135 Å². The second-order valence-electron chi connectivity index (χ2n) is 8.81. The average Bonchev–Trinajstić information content (AvgIpc) is 2.93. The minimum atomic E-state index is -0.395. The van der Waals surface area contributed by atoms with Gasteiger partial charge >= 0.3 is 0 Å². The van der Waals surface area contributed by atoms with Crippen LogP contribution in [0.2, 0.25) is 5.02 Å². The maximum atomic E-state index is 13.6. The molecule has 0 saturated heterocycles. The van der Waals surface area contributed by atoms with Crippen LogP contribution in [-0.4, -0.2) is 27.4 Å². The normalized spacial score (nSPS) is 11.0. The molecule has 0 fully saturated rings. The number of halogens is 2. The monoisotopic (exact) mass is 543 g/mol. The van der Waals surface area contributed by atoms with Crippen LogP contribution in [0.15, 0.2) is 107 Å². The van der Waals surface area contributed by atoms with Crippen LogP contribution in [0.3, 0.4) is 0 Å². The van der Waals surface area contributed by atoms with Crippen molar-refractivity contribution < 1.29 is 9.18 Å². The van der Waals surface area contributed by atoms with Gasteiger partial charge in [-0.25, -0.2) is 9.37 Å². The molecule has 4 aromatic carbocycles. The van der Waals surface area contributed by atoms with E-state index in [4.69, 9.17) is 16.6 Å². The number of thioether (sulfide) groups is 1. The van der Waals surface area contributed by atoms with Crippen molar-refractivity contribution in [1.29, 1.82) is 0 Å². The quantitative estimate of drug-likeness (QED) is 0.168. The summed E-state index contributed by atoms with van der Waals surface area (Å²) in [6.07, 6.45) is 0. The van der Waals surface area contributed by atoms with Crippen LogP contribution in [0, 0.1) is 5.82 Å². The molecule has 0 saturated carbocycles. The number of rotatable bonds is 7. The molecular weight excluding hydrogens is 521 g/mol. The Bertz CT molecular complexity index is 1660. The van der Waals surface area contributed by atoms with E-state index in [-0.39, 0.29) is 11.5 Å². The first-order valence-electron chi connectivity index (χ1n) is 11.9. The molecule has 5 aromatic rings. The van der Waals surface area contributed by atoms with Gasteiger partial charge in [-0.1, -0.05) is 65.8 Å². The van der Waals surface area contributed by atoms with Gasteiger partial charge in [0.25, 0.3) is 11.5 Å². The first-order valence-corrected chi connectivity index (χ1v) is 13.2. The molecule has 1 heterocycles. The van der Waals surface area contributed by atoms with Gasteiger partial charge in [0.05, 0.1) is 16.6 Å². The zero-order chi connectivity index (χ0) is 26.6. The summed E-state index contributed by atoms with van der Waals surface area (Å²) in [6, 6.07) is 27.8. The molecule has 0 unspecified atom stereocenters. The van der Waals surface area contributed by atoms with Gasteiger partial charge in [-0.3, -0.25) is 14.2 Å². The molecule has 5 rings (SSSR count). The molecule has 8 heteroatoms. The number of fused-ring (bicyclic) bond motifs is 1. The molecule has 0 spiro atoms. The summed E-state index contributed by atoms with van der Waals surface area (Å²) >= 11 is 7.39. The highest BCUT2D eigenvalue weighted by molar-refractivity contribution is 7.98. The maximum Gasteiger partial charge on any atom is 0.266 e. The number of aromatic nitrogens is 2. The molecule has 5 nitrogen and oxygen atoms in total. The van der Waals surface area contributed by atoms with E-state index in [1.807, 2.05) is 54.6 Å². The van der Waals surface area contributed by atoms with Gasteiger partial charge in [-0.05, 0) is 65.7 Å².